The highest BCUT2D eigenvalue weighted by Gasteiger charge is 2.07. The van der Waals surface area contributed by atoms with E-state index in [0.29, 0.717) is 10.8 Å². The zero-order chi connectivity index (χ0) is 12.9. The first-order chi connectivity index (χ1) is 7.92. The van der Waals surface area contributed by atoms with Crippen LogP contribution < -0.4 is 10.5 Å². The molecule has 1 aromatic rings. The minimum Gasteiger partial charge on any atom is -0.354 e. The van der Waals surface area contributed by atoms with Crippen molar-refractivity contribution in [2.24, 2.45) is 5.14 Å². The summed E-state index contributed by atoms with van der Waals surface area (Å²) < 4.78 is 21.4. The summed E-state index contributed by atoms with van der Waals surface area (Å²) >= 11 is 1.21. The third kappa shape index (κ3) is 5.11. The van der Waals surface area contributed by atoms with Gasteiger partial charge in [0.25, 0.3) is 5.91 Å². The van der Waals surface area contributed by atoms with Crippen molar-refractivity contribution < 1.29 is 13.2 Å². The number of carbonyl (C=O) groups is 1. The molecule has 0 spiro atoms. The monoisotopic (exact) mass is 276 g/mol. The van der Waals surface area contributed by atoms with E-state index in [1.807, 2.05) is 0 Å². The molecule has 0 atom stereocenters. The second-order valence-corrected chi connectivity index (χ2v) is 5.90. The lowest BCUT2D eigenvalue weighted by Crippen LogP contribution is -2.19. The van der Waals surface area contributed by atoms with E-state index in [-0.39, 0.29) is 17.4 Å². The number of primary sulfonamides is 1. The summed E-state index contributed by atoms with van der Waals surface area (Å²) in [5, 5.41) is 15.3. The molecular formula is C8H12N4O3S2. The first-order valence-corrected chi connectivity index (χ1v) is 7.31. The zero-order valence-corrected chi connectivity index (χ0v) is 10.7. The number of amides is 1. The number of nitrogens with zero attached hydrogens (tertiary/aromatic N) is 2. The van der Waals surface area contributed by atoms with Gasteiger partial charge in [0, 0.05) is 12.8 Å². The molecule has 1 heterocycles. The molecule has 0 unspecified atom stereocenters. The van der Waals surface area contributed by atoms with E-state index in [4.69, 9.17) is 5.14 Å². The molecule has 0 fully saturated rings. The normalized spacial score (nSPS) is 11.2. The highest BCUT2D eigenvalue weighted by atomic mass is 32.2. The van der Waals surface area contributed by atoms with Crippen molar-refractivity contribution in [1.29, 1.82) is 0 Å². The van der Waals surface area contributed by atoms with E-state index in [9.17, 15) is 13.2 Å². The fraction of sp³-hybridized carbons (Fsp3) is 0.375. The number of hydrogen-bond acceptors (Lipinski definition) is 6. The van der Waals surface area contributed by atoms with E-state index >= 15 is 0 Å². The number of aromatic nitrogens is 2. The van der Waals surface area contributed by atoms with Crippen LogP contribution in [0.15, 0.2) is 17.2 Å². The van der Waals surface area contributed by atoms with Gasteiger partial charge in [-0.2, -0.15) is 0 Å². The second kappa shape index (κ2) is 5.94. The summed E-state index contributed by atoms with van der Waals surface area (Å²) in [7, 11) is -1.95. The van der Waals surface area contributed by atoms with Crippen molar-refractivity contribution in [1.82, 2.24) is 15.5 Å². The number of nitrogens with one attached hydrogen (secondary N) is 1. The van der Waals surface area contributed by atoms with Gasteiger partial charge in [0.05, 0.1) is 5.75 Å². The third-order valence-electron chi connectivity index (χ3n) is 1.72. The lowest BCUT2D eigenvalue weighted by Gasteiger charge is -2.00. The quantitative estimate of drug-likeness (QED) is 0.681. The fourth-order valence-electron chi connectivity index (χ4n) is 0.909. The smallest absolute Gasteiger partial charge is 0.271 e. The number of hydrogen-bond donors (Lipinski definition) is 2. The Morgan fingerprint density at radius 2 is 2.18 bits per heavy atom. The summed E-state index contributed by atoms with van der Waals surface area (Å²) in [5.41, 5.74) is 0.211. The Bertz CT molecular complexity index is 486. The van der Waals surface area contributed by atoms with Crippen LogP contribution in [0.2, 0.25) is 0 Å². The number of nitrogens with two attached hydrogens (primary N) is 1. The summed E-state index contributed by atoms with van der Waals surface area (Å²) in [5.74, 6) is -0.151. The molecule has 0 saturated carbocycles. The van der Waals surface area contributed by atoms with Crippen molar-refractivity contribution in [3.05, 3.63) is 17.8 Å². The lowest BCUT2D eigenvalue weighted by molar-refractivity contribution is 0.0957. The summed E-state index contributed by atoms with van der Waals surface area (Å²) in [6.07, 6.45) is 0. The van der Waals surface area contributed by atoms with Gasteiger partial charge in [0.15, 0.2) is 5.69 Å². The van der Waals surface area contributed by atoms with Gasteiger partial charge >= 0.3 is 0 Å². The standard InChI is InChI=1S/C8H12N4O3S2/c1-10-8(13)6-2-3-7(12-11-6)16-4-5-17(9,14)15/h2-3H,4-5H2,1H3,(H,10,13)(H2,9,14,15). The highest BCUT2D eigenvalue weighted by molar-refractivity contribution is 8.00. The predicted octanol–water partition coefficient (Wildman–Crippen LogP) is -0.783. The summed E-state index contributed by atoms with van der Waals surface area (Å²) in [6, 6.07) is 3.12. The summed E-state index contributed by atoms with van der Waals surface area (Å²) in [6.45, 7) is 0. The number of sulfonamides is 1. The molecule has 7 nitrogen and oxygen atoms in total. The van der Waals surface area contributed by atoms with E-state index in [0.717, 1.165) is 0 Å². The second-order valence-electron chi connectivity index (χ2n) is 3.05. The Morgan fingerprint density at radius 1 is 1.47 bits per heavy atom. The number of thioether (sulfide) groups is 1. The molecule has 1 amide bonds. The molecule has 0 aliphatic carbocycles. The Morgan fingerprint density at radius 3 is 2.65 bits per heavy atom. The molecule has 9 heteroatoms. The van der Waals surface area contributed by atoms with Gasteiger partial charge in [0.2, 0.25) is 10.0 Å². The van der Waals surface area contributed by atoms with Gasteiger partial charge in [-0.1, -0.05) is 0 Å². The maximum absolute atomic E-state index is 11.2. The Balaban J connectivity index is 2.54. The van der Waals surface area contributed by atoms with Crippen LogP contribution in [0.1, 0.15) is 10.5 Å². The van der Waals surface area contributed by atoms with E-state index in [2.05, 4.69) is 15.5 Å². The van der Waals surface area contributed by atoms with Crippen LogP contribution in [0.25, 0.3) is 0 Å². The van der Waals surface area contributed by atoms with E-state index in [1.54, 1.807) is 6.07 Å². The van der Waals surface area contributed by atoms with Crippen molar-refractivity contribution >= 4 is 27.7 Å². The molecule has 0 radical (unpaired) electrons. The number of rotatable bonds is 5. The Hall–Kier alpha value is -1.19. The van der Waals surface area contributed by atoms with Gasteiger partial charge in [-0.05, 0) is 12.1 Å². The van der Waals surface area contributed by atoms with Gasteiger partial charge in [-0.3, -0.25) is 4.79 Å². The van der Waals surface area contributed by atoms with Crippen LogP contribution in [0, 0.1) is 0 Å². The van der Waals surface area contributed by atoms with Crippen LogP contribution in [-0.4, -0.2) is 43.1 Å². The van der Waals surface area contributed by atoms with Crippen molar-refractivity contribution in [3.63, 3.8) is 0 Å². The van der Waals surface area contributed by atoms with Gasteiger partial charge < -0.3 is 5.32 Å². The molecule has 94 valence electrons. The molecule has 17 heavy (non-hydrogen) atoms. The van der Waals surface area contributed by atoms with E-state index in [1.165, 1.54) is 24.9 Å². The Labute approximate surface area is 103 Å². The van der Waals surface area contributed by atoms with Gasteiger partial charge in [-0.25, -0.2) is 13.6 Å². The predicted molar refractivity (Wildman–Crippen MR) is 64.1 cm³/mol. The fourth-order valence-corrected chi connectivity index (χ4v) is 2.64. The van der Waals surface area contributed by atoms with Crippen molar-refractivity contribution in [3.8, 4) is 0 Å². The molecule has 0 bridgehead atoms. The molecule has 3 N–H and O–H groups in total. The highest BCUT2D eigenvalue weighted by Crippen LogP contribution is 2.13. The zero-order valence-electron chi connectivity index (χ0n) is 9.08. The molecule has 0 aromatic carbocycles. The first kappa shape index (κ1) is 13.9. The minimum absolute atomic E-state index is 0.128. The van der Waals surface area contributed by atoms with Crippen molar-refractivity contribution in [2.45, 2.75) is 5.03 Å². The molecule has 0 saturated heterocycles. The third-order valence-corrected chi connectivity index (χ3v) is 3.67. The van der Waals surface area contributed by atoms with Crippen LogP contribution in [0.5, 0.6) is 0 Å². The molecule has 0 aliphatic rings. The molecule has 0 aliphatic heterocycles. The largest absolute Gasteiger partial charge is 0.354 e. The maximum Gasteiger partial charge on any atom is 0.271 e. The van der Waals surface area contributed by atoms with Crippen LogP contribution in [-0.2, 0) is 10.0 Å². The van der Waals surface area contributed by atoms with Gasteiger partial charge in [-0.15, -0.1) is 22.0 Å². The average Bonchev–Trinajstić information content (AvgIpc) is 2.27. The van der Waals surface area contributed by atoms with Crippen LogP contribution in [0.3, 0.4) is 0 Å². The Kier molecular flexibility index (Phi) is 4.85. The van der Waals surface area contributed by atoms with Crippen LogP contribution in [0.4, 0.5) is 0 Å². The first-order valence-electron chi connectivity index (χ1n) is 4.61. The topological polar surface area (TPSA) is 115 Å². The van der Waals surface area contributed by atoms with Gasteiger partial charge in [0.1, 0.15) is 5.03 Å². The average molecular weight is 276 g/mol. The molecule has 1 aromatic heterocycles. The SMILES string of the molecule is CNC(=O)c1ccc(SCCS(N)(=O)=O)nn1. The lowest BCUT2D eigenvalue weighted by atomic mass is 10.4. The minimum atomic E-state index is -3.45. The summed E-state index contributed by atoms with van der Waals surface area (Å²) in [4.78, 5) is 11.2. The molecular weight excluding hydrogens is 264 g/mol. The van der Waals surface area contributed by atoms with Crippen LogP contribution >= 0.6 is 11.8 Å². The van der Waals surface area contributed by atoms with Crippen molar-refractivity contribution in [2.75, 3.05) is 18.6 Å². The van der Waals surface area contributed by atoms with E-state index < -0.39 is 10.0 Å². The maximum atomic E-state index is 11.2. The number of carbonyl (C=O) groups excluding carboxylic acids is 1. The molecule has 1 rings (SSSR count).